The maximum absolute atomic E-state index is 6.44. The predicted octanol–water partition coefficient (Wildman–Crippen LogP) is 4.72. The highest BCUT2D eigenvalue weighted by Crippen LogP contribution is 2.47. The lowest BCUT2D eigenvalue weighted by atomic mass is 9.93. The molecule has 1 heterocycles. The van der Waals surface area contributed by atoms with Gasteiger partial charge in [0.2, 0.25) is 0 Å². The first-order valence-electron chi connectivity index (χ1n) is 10.0. The average Bonchev–Trinajstić information content (AvgIpc) is 2.62. The normalized spacial score (nSPS) is 26.9. The van der Waals surface area contributed by atoms with Crippen LogP contribution in [0.4, 0.5) is 0 Å². The summed E-state index contributed by atoms with van der Waals surface area (Å²) in [6.07, 6.45) is 9.59. The van der Waals surface area contributed by atoms with E-state index in [0.29, 0.717) is 5.92 Å². The van der Waals surface area contributed by atoms with Crippen LogP contribution in [0, 0.1) is 5.92 Å². The number of unbranched alkanes of at least 4 members (excludes halogenated alkanes) is 2. The fraction of sp³-hybridized carbons (Fsp3) is 1.00. The van der Waals surface area contributed by atoms with Crippen LogP contribution < -0.4 is 0 Å². The summed E-state index contributed by atoms with van der Waals surface area (Å²) in [5.41, 5.74) is 0. The number of nitrogens with zero attached hydrogens (tertiary/aromatic N) is 1. The van der Waals surface area contributed by atoms with E-state index in [4.69, 9.17) is 13.6 Å². The summed E-state index contributed by atoms with van der Waals surface area (Å²) in [7, 11) is 3.10. The van der Waals surface area contributed by atoms with Gasteiger partial charge >= 0.3 is 8.56 Å². The molecule has 2 atom stereocenters. The largest absolute Gasteiger partial charge is 0.395 e. The summed E-state index contributed by atoms with van der Waals surface area (Å²) < 4.78 is 18.8. The highest BCUT2D eigenvalue weighted by atomic mass is 28.4. The molecule has 2 unspecified atom stereocenters. The van der Waals surface area contributed by atoms with Crippen molar-refractivity contribution in [1.29, 1.82) is 0 Å². The fourth-order valence-electron chi connectivity index (χ4n) is 4.63. The molecular weight excluding hydrogens is 318 g/mol. The van der Waals surface area contributed by atoms with Crippen molar-refractivity contribution in [3.05, 3.63) is 0 Å². The lowest BCUT2D eigenvalue weighted by Crippen LogP contribution is -2.76. The monoisotopic (exact) mass is 359 g/mol. The molecule has 0 N–H and O–H groups in total. The van der Waals surface area contributed by atoms with Crippen LogP contribution in [-0.4, -0.2) is 53.2 Å². The molecule has 1 rings (SSSR count). The molecule has 1 aliphatic rings. The molecular formula is C19H41NO3Si. The van der Waals surface area contributed by atoms with Crippen LogP contribution in [0.2, 0.25) is 6.04 Å². The maximum atomic E-state index is 6.44. The van der Waals surface area contributed by atoms with Crippen LogP contribution >= 0.6 is 0 Å². The van der Waals surface area contributed by atoms with Gasteiger partial charge in [0.1, 0.15) is 0 Å². The fourth-order valence-corrected chi connectivity index (χ4v) is 8.74. The number of hydrogen-bond donors (Lipinski definition) is 0. The quantitative estimate of drug-likeness (QED) is 0.373. The Labute approximate surface area is 151 Å². The molecule has 0 saturated carbocycles. The molecule has 144 valence electrons. The van der Waals surface area contributed by atoms with Gasteiger partial charge in [0.25, 0.3) is 0 Å². The maximum Gasteiger partial charge on any atom is 0.386 e. The molecule has 0 aliphatic carbocycles. The summed E-state index contributed by atoms with van der Waals surface area (Å²) in [5, 5.41) is -0.352. The van der Waals surface area contributed by atoms with Crippen molar-refractivity contribution in [3.8, 4) is 0 Å². The third-order valence-corrected chi connectivity index (χ3v) is 10.1. The summed E-state index contributed by atoms with van der Waals surface area (Å²) in [6, 6.07) is 1.03. The van der Waals surface area contributed by atoms with Gasteiger partial charge in [-0.25, -0.2) is 0 Å². The van der Waals surface area contributed by atoms with Crippen LogP contribution in [0.1, 0.15) is 72.1 Å². The zero-order chi connectivity index (χ0) is 18.1. The molecule has 4 nitrogen and oxygen atoms in total. The Morgan fingerprint density at radius 1 is 0.958 bits per heavy atom. The third-order valence-electron chi connectivity index (χ3n) is 5.80. The second-order valence-corrected chi connectivity index (χ2v) is 10.7. The first kappa shape index (κ1) is 22.1. The molecule has 0 aromatic carbocycles. The molecule has 0 aromatic heterocycles. The van der Waals surface area contributed by atoms with E-state index in [9.17, 15) is 0 Å². The van der Waals surface area contributed by atoms with E-state index >= 15 is 0 Å². The molecule has 24 heavy (non-hydrogen) atoms. The molecule has 0 spiro atoms. The zero-order valence-electron chi connectivity index (χ0n) is 17.0. The summed E-state index contributed by atoms with van der Waals surface area (Å²) in [6.45, 7) is 8.96. The summed E-state index contributed by atoms with van der Waals surface area (Å²) >= 11 is 0. The highest BCUT2D eigenvalue weighted by Gasteiger charge is 2.65. The predicted molar refractivity (Wildman–Crippen MR) is 103 cm³/mol. The van der Waals surface area contributed by atoms with Crippen LogP contribution in [-0.2, 0) is 13.6 Å². The van der Waals surface area contributed by atoms with Gasteiger partial charge in [-0.2, -0.15) is 0 Å². The zero-order valence-corrected chi connectivity index (χ0v) is 18.0. The van der Waals surface area contributed by atoms with Gasteiger partial charge in [0.15, 0.2) is 5.35 Å². The lowest BCUT2D eigenvalue weighted by molar-refractivity contribution is -0.154. The smallest absolute Gasteiger partial charge is 0.386 e. The van der Waals surface area contributed by atoms with Gasteiger partial charge in [-0.3, -0.25) is 4.90 Å². The Bertz CT molecular complexity index is 329. The Kier molecular flexibility index (Phi) is 10.1. The van der Waals surface area contributed by atoms with E-state index in [2.05, 4.69) is 25.7 Å². The van der Waals surface area contributed by atoms with Crippen molar-refractivity contribution in [2.75, 3.05) is 34.4 Å². The summed E-state index contributed by atoms with van der Waals surface area (Å²) in [4.78, 5) is 2.61. The minimum Gasteiger partial charge on any atom is -0.395 e. The van der Waals surface area contributed by atoms with Crippen LogP contribution in [0.15, 0.2) is 0 Å². The van der Waals surface area contributed by atoms with Crippen molar-refractivity contribution in [2.45, 2.75) is 83.5 Å². The Morgan fingerprint density at radius 3 is 1.96 bits per heavy atom. The first-order chi connectivity index (χ1) is 11.6. The van der Waals surface area contributed by atoms with Gasteiger partial charge in [-0.1, -0.05) is 46.5 Å². The third kappa shape index (κ3) is 4.23. The molecule has 0 bridgehead atoms. The second-order valence-electron chi connectivity index (χ2n) is 7.13. The van der Waals surface area contributed by atoms with Gasteiger partial charge in [-0.05, 0) is 31.7 Å². The molecule has 1 aliphatic heterocycles. The Morgan fingerprint density at radius 2 is 1.54 bits per heavy atom. The van der Waals surface area contributed by atoms with Crippen molar-refractivity contribution >= 4 is 8.56 Å². The Hall–Kier alpha value is 0.0569. The van der Waals surface area contributed by atoms with Crippen molar-refractivity contribution in [1.82, 2.24) is 4.90 Å². The molecule has 0 amide bonds. The van der Waals surface area contributed by atoms with E-state index in [0.717, 1.165) is 19.1 Å². The van der Waals surface area contributed by atoms with Crippen LogP contribution in [0.5, 0.6) is 0 Å². The van der Waals surface area contributed by atoms with Crippen LogP contribution in [0.3, 0.4) is 0 Å². The van der Waals surface area contributed by atoms with E-state index < -0.39 is 8.56 Å². The number of methoxy groups -OCH3 is 1. The molecule has 1 fully saturated rings. The number of rotatable bonds is 12. The van der Waals surface area contributed by atoms with E-state index in [-0.39, 0.29) is 5.35 Å². The van der Waals surface area contributed by atoms with Crippen molar-refractivity contribution in [2.24, 2.45) is 5.92 Å². The van der Waals surface area contributed by atoms with Crippen molar-refractivity contribution in [3.63, 3.8) is 0 Å². The minimum absolute atomic E-state index is 0.352. The van der Waals surface area contributed by atoms with Gasteiger partial charge in [0.05, 0.1) is 0 Å². The SMILES string of the molecule is CCCCN(CCCC)C1(OC)C(CCC)CCC[Si]1(OC)OC. The standard InChI is InChI=1S/C19H41NO3Si/c1-7-10-15-20(16-11-8-2)19(21-4)18(13-9-3)14-12-17-24(19,22-5)23-6/h18H,7-17H2,1-6H3. The highest BCUT2D eigenvalue weighted by molar-refractivity contribution is 6.70. The summed E-state index contributed by atoms with van der Waals surface area (Å²) in [5.74, 6) is 0.501. The van der Waals surface area contributed by atoms with E-state index in [1.54, 1.807) is 0 Å². The van der Waals surface area contributed by atoms with Crippen LogP contribution in [0.25, 0.3) is 0 Å². The first-order valence-corrected chi connectivity index (χ1v) is 12.0. The molecule has 0 aromatic rings. The second kappa shape index (κ2) is 10.9. The number of ether oxygens (including phenoxy) is 1. The minimum atomic E-state index is -2.47. The molecule has 0 radical (unpaired) electrons. The molecule has 1 saturated heterocycles. The number of hydrogen-bond acceptors (Lipinski definition) is 4. The topological polar surface area (TPSA) is 30.9 Å². The lowest BCUT2D eigenvalue weighted by Gasteiger charge is -2.57. The molecule has 5 heteroatoms. The average molecular weight is 360 g/mol. The Balaban J connectivity index is 3.33. The van der Waals surface area contributed by atoms with Gasteiger partial charge < -0.3 is 13.6 Å². The van der Waals surface area contributed by atoms with Gasteiger partial charge in [0, 0.05) is 40.3 Å². The van der Waals surface area contributed by atoms with E-state index in [1.165, 1.54) is 51.4 Å². The van der Waals surface area contributed by atoms with Crippen molar-refractivity contribution < 1.29 is 13.6 Å². The van der Waals surface area contributed by atoms with Gasteiger partial charge in [-0.15, -0.1) is 0 Å². The van der Waals surface area contributed by atoms with E-state index in [1.807, 2.05) is 21.3 Å².